The van der Waals surface area contributed by atoms with E-state index in [9.17, 15) is 14.3 Å². The van der Waals surface area contributed by atoms with E-state index in [-0.39, 0.29) is 22.0 Å². The topological polar surface area (TPSA) is 49.3 Å². The standard InChI is InChI=1S/C14H11ClFNO2/c1-8-2-5-13(18)10(6-8)14(19)17-12-4-3-9(15)7-11(12)16/h2-7,18H,1H3,(H,17,19). The molecule has 0 atom stereocenters. The summed E-state index contributed by atoms with van der Waals surface area (Å²) in [5, 5.41) is 12.3. The maximum Gasteiger partial charge on any atom is 0.259 e. The molecule has 1 amide bonds. The van der Waals surface area contributed by atoms with Gasteiger partial charge in [0.25, 0.3) is 5.91 Å². The molecule has 98 valence electrons. The fourth-order valence-corrected chi connectivity index (χ4v) is 1.77. The lowest BCUT2D eigenvalue weighted by Crippen LogP contribution is -2.13. The van der Waals surface area contributed by atoms with E-state index in [1.165, 1.54) is 24.3 Å². The van der Waals surface area contributed by atoms with Gasteiger partial charge in [0.2, 0.25) is 0 Å². The number of benzene rings is 2. The number of phenols is 1. The second-order valence-electron chi connectivity index (χ2n) is 4.10. The van der Waals surface area contributed by atoms with Crippen molar-refractivity contribution >= 4 is 23.2 Å². The number of nitrogens with one attached hydrogen (secondary N) is 1. The van der Waals surface area contributed by atoms with Crippen molar-refractivity contribution in [3.05, 3.63) is 58.4 Å². The Kier molecular flexibility index (Phi) is 3.71. The van der Waals surface area contributed by atoms with Crippen molar-refractivity contribution in [1.82, 2.24) is 0 Å². The summed E-state index contributed by atoms with van der Waals surface area (Å²) in [6, 6.07) is 8.56. The quantitative estimate of drug-likeness (QED) is 0.880. The summed E-state index contributed by atoms with van der Waals surface area (Å²) in [6.45, 7) is 1.79. The van der Waals surface area contributed by atoms with E-state index in [1.807, 2.05) is 0 Å². The molecule has 2 aromatic carbocycles. The Morgan fingerprint density at radius 1 is 1.26 bits per heavy atom. The van der Waals surface area contributed by atoms with Crippen LogP contribution in [0.25, 0.3) is 0 Å². The van der Waals surface area contributed by atoms with Crippen molar-refractivity contribution in [3.63, 3.8) is 0 Å². The lowest BCUT2D eigenvalue weighted by atomic mass is 10.1. The highest BCUT2D eigenvalue weighted by molar-refractivity contribution is 6.30. The molecule has 2 aromatic rings. The molecule has 19 heavy (non-hydrogen) atoms. The fourth-order valence-electron chi connectivity index (χ4n) is 1.61. The van der Waals surface area contributed by atoms with Crippen LogP contribution in [0.2, 0.25) is 5.02 Å². The van der Waals surface area contributed by atoms with Crippen molar-refractivity contribution < 1.29 is 14.3 Å². The molecule has 2 rings (SSSR count). The van der Waals surface area contributed by atoms with E-state index >= 15 is 0 Å². The molecule has 3 nitrogen and oxygen atoms in total. The molecule has 5 heteroatoms. The summed E-state index contributed by atoms with van der Waals surface area (Å²) in [7, 11) is 0. The number of hydrogen-bond donors (Lipinski definition) is 2. The molecule has 0 aliphatic heterocycles. The maximum atomic E-state index is 13.5. The zero-order valence-corrected chi connectivity index (χ0v) is 10.8. The minimum absolute atomic E-state index is 0.00954. The minimum atomic E-state index is -0.631. The largest absolute Gasteiger partial charge is 0.507 e. The van der Waals surface area contributed by atoms with E-state index in [2.05, 4.69) is 5.32 Å². The minimum Gasteiger partial charge on any atom is -0.507 e. The van der Waals surface area contributed by atoms with E-state index in [1.54, 1.807) is 13.0 Å². The summed E-state index contributed by atoms with van der Waals surface area (Å²) in [5.41, 5.74) is 0.921. The monoisotopic (exact) mass is 279 g/mol. The van der Waals surface area contributed by atoms with Crippen LogP contribution < -0.4 is 5.32 Å². The van der Waals surface area contributed by atoms with Crippen LogP contribution in [0.4, 0.5) is 10.1 Å². The lowest BCUT2D eigenvalue weighted by molar-refractivity contribution is 0.102. The number of phenolic OH excluding ortho intramolecular Hbond substituents is 1. The van der Waals surface area contributed by atoms with Crippen molar-refractivity contribution in [2.45, 2.75) is 6.92 Å². The van der Waals surface area contributed by atoms with Crippen molar-refractivity contribution in [3.8, 4) is 5.75 Å². The summed E-state index contributed by atoms with van der Waals surface area (Å²) < 4.78 is 13.5. The van der Waals surface area contributed by atoms with E-state index in [4.69, 9.17) is 11.6 Å². The Balaban J connectivity index is 2.28. The number of aromatic hydroxyl groups is 1. The summed E-state index contributed by atoms with van der Waals surface area (Å²) >= 11 is 5.62. The molecule has 0 heterocycles. The summed E-state index contributed by atoms with van der Waals surface area (Å²) in [4.78, 5) is 12.0. The second kappa shape index (κ2) is 5.28. The number of rotatable bonds is 2. The molecule has 0 saturated carbocycles. The highest BCUT2D eigenvalue weighted by Crippen LogP contribution is 2.22. The van der Waals surface area contributed by atoms with Crippen LogP contribution in [-0.4, -0.2) is 11.0 Å². The van der Waals surface area contributed by atoms with Gasteiger partial charge in [-0.1, -0.05) is 23.2 Å². The highest BCUT2D eigenvalue weighted by atomic mass is 35.5. The zero-order chi connectivity index (χ0) is 14.0. The predicted octanol–water partition coefficient (Wildman–Crippen LogP) is 3.75. The van der Waals surface area contributed by atoms with Crippen molar-refractivity contribution in [2.75, 3.05) is 5.32 Å². The molecule has 0 bridgehead atoms. The number of carbonyl (C=O) groups excluding carboxylic acids is 1. The fraction of sp³-hybridized carbons (Fsp3) is 0.0714. The van der Waals surface area contributed by atoms with Gasteiger partial charge in [0.05, 0.1) is 11.3 Å². The van der Waals surface area contributed by atoms with Gasteiger partial charge >= 0.3 is 0 Å². The number of amides is 1. The van der Waals surface area contributed by atoms with Gasteiger partial charge in [0.15, 0.2) is 0 Å². The Labute approximate surface area is 114 Å². The van der Waals surface area contributed by atoms with Gasteiger partial charge in [-0.2, -0.15) is 0 Å². The average molecular weight is 280 g/mol. The van der Waals surface area contributed by atoms with Gasteiger partial charge in [-0.05, 0) is 37.3 Å². The Hall–Kier alpha value is -2.07. The molecule has 0 fully saturated rings. The molecule has 0 aliphatic rings. The van der Waals surface area contributed by atoms with Gasteiger partial charge in [-0.25, -0.2) is 4.39 Å². The Morgan fingerprint density at radius 2 is 2.00 bits per heavy atom. The normalized spacial score (nSPS) is 10.3. The van der Waals surface area contributed by atoms with Gasteiger partial charge in [0, 0.05) is 5.02 Å². The van der Waals surface area contributed by atoms with E-state index in [0.29, 0.717) is 0 Å². The zero-order valence-electron chi connectivity index (χ0n) is 10.1. The molecular weight excluding hydrogens is 269 g/mol. The van der Waals surface area contributed by atoms with E-state index < -0.39 is 11.7 Å². The molecular formula is C14H11ClFNO2. The van der Waals surface area contributed by atoms with Gasteiger partial charge in [0.1, 0.15) is 11.6 Å². The summed E-state index contributed by atoms with van der Waals surface area (Å²) in [6.07, 6.45) is 0. The third kappa shape index (κ3) is 3.03. The SMILES string of the molecule is Cc1ccc(O)c(C(=O)Nc2ccc(Cl)cc2F)c1. The number of carbonyl (C=O) groups is 1. The molecule has 0 spiro atoms. The third-order valence-corrected chi connectivity index (χ3v) is 2.81. The first-order valence-corrected chi connectivity index (χ1v) is 5.91. The van der Waals surface area contributed by atoms with Crippen LogP contribution >= 0.6 is 11.6 Å². The molecule has 0 aromatic heterocycles. The van der Waals surface area contributed by atoms with Crippen LogP contribution in [0.15, 0.2) is 36.4 Å². The molecule has 0 unspecified atom stereocenters. The van der Waals surface area contributed by atoms with Crippen LogP contribution in [0.3, 0.4) is 0 Å². The summed E-state index contributed by atoms with van der Waals surface area (Å²) in [5.74, 6) is -1.37. The maximum absolute atomic E-state index is 13.5. The highest BCUT2D eigenvalue weighted by Gasteiger charge is 2.13. The molecule has 0 saturated heterocycles. The second-order valence-corrected chi connectivity index (χ2v) is 4.54. The first kappa shape index (κ1) is 13.4. The lowest BCUT2D eigenvalue weighted by Gasteiger charge is -2.08. The number of hydrogen-bond acceptors (Lipinski definition) is 2. The van der Waals surface area contributed by atoms with Crippen molar-refractivity contribution in [1.29, 1.82) is 0 Å². The average Bonchev–Trinajstić information content (AvgIpc) is 2.35. The molecule has 2 N–H and O–H groups in total. The van der Waals surface area contributed by atoms with Crippen LogP contribution in [-0.2, 0) is 0 Å². The number of anilines is 1. The van der Waals surface area contributed by atoms with Gasteiger partial charge in [-0.15, -0.1) is 0 Å². The van der Waals surface area contributed by atoms with Crippen LogP contribution in [0, 0.1) is 12.7 Å². The van der Waals surface area contributed by atoms with Crippen LogP contribution in [0.5, 0.6) is 5.75 Å². The number of halogens is 2. The Morgan fingerprint density at radius 3 is 2.68 bits per heavy atom. The predicted molar refractivity (Wildman–Crippen MR) is 72.2 cm³/mol. The van der Waals surface area contributed by atoms with Gasteiger partial charge in [-0.3, -0.25) is 4.79 Å². The number of aryl methyl sites for hydroxylation is 1. The first-order chi connectivity index (χ1) is 8.97. The van der Waals surface area contributed by atoms with Crippen LogP contribution in [0.1, 0.15) is 15.9 Å². The third-order valence-electron chi connectivity index (χ3n) is 2.58. The molecule has 0 aliphatic carbocycles. The first-order valence-electron chi connectivity index (χ1n) is 5.53. The van der Waals surface area contributed by atoms with E-state index in [0.717, 1.165) is 11.6 Å². The van der Waals surface area contributed by atoms with Gasteiger partial charge < -0.3 is 10.4 Å². The Bertz CT molecular complexity index is 643. The van der Waals surface area contributed by atoms with Crippen molar-refractivity contribution in [2.24, 2.45) is 0 Å². The smallest absolute Gasteiger partial charge is 0.259 e. The molecule has 0 radical (unpaired) electrons.